The van der Waals surface area contributed by atoms with Gasteiger partial charge in [0.15, 0.2) is 11.5 Å². The summed E-state index contributed by atoms with van der Waals surface area (Å²) in [5, 5.41) is 10.2. The third kappa shape index (κ3) is 4.17. The molecule has 2 heterocycles. The Morgan fingerprint density at radius 3 is 3.04 bits per heavy atom. The Kier molecular flexibility index (Phi) is 5.55. The van der Waals surface area contributed by atoms with E-state index in [0.717, 1.165) is 37.1 Å². The second-order valence-corrected chi connectivity index (χ2v) is 6.27. The number of carbonyl (C=O) groups is 1. The van der Waals surface area contributed by atoms with Crippen LogP contribution in [0.5, 0.6) is 11.5 Å². The highest BCUT2D eigenvalue weighted by Crippen LogP contribution is 2.32. The molecule has 0 spiro atoms. The van der Waals surface area contributed by atoms with Crippen LogP contribution in [0.25, 0.3) is 0 Å². The first-order valence-electron chi connectivity index (χ1n) is 8.31. The summed E-state index contributed by atoms with van der Waals surface area (Å²) < 4.78 is 16.2. The minimum Gasteiger partial charge on any atom is -0.454 e. The lowest BCUT2D eigenvalue weighted by atomic mass is 10.0. The average Bonchev–Trinajstić information content (AvgIpc) is 3.03. The zero-order valence-electron chi connectivity index (χ0n) is 13.6. The predicted molar refractivity (Wildman–Crippen MR) is 86.6 cm³/mol. The van der Waals surface area contributed by atoms with Crippen LogP contribution >= 0.6 is 0 Å². The molecule has 0 aliphatic carbocycles. The Morgan fingerprint density at radius 1 is 1.38 bits per heavy atom. The van der Waals surface area contributed by atoms with E-state index >= 15 is 0 Å². The molecule has 1 fully saturated rings. The molecule has 1 aromatic carbocycles. The van der Waals surface area contributed by atoms with Gasteiger partial charge >= 0.3 is 0 Å². The van der Waals surface area contributed by atoms with Gasteiger partial charge < -0.3 is 25.1 Å². The fourth-order valence-corrected chi connectivity index (χ4v) is 3.20. The number of fused-ring (bicyclic) bond motifs is 1. The van der Waals surface area contributed by atoms with Gasteiger partial charge in [0.2, 0.25) is 12.7 Å². The number of primary amides is 1. The standard InChI is InChI=1S/C17H24N2O5/c18-17(21)14-3-1-2-6-19(14)8-13(20)10-22-9-12-4-5-15-16(7-12)24-11-23-15/h4-5,7,13-14,20H,1-3,6,8-11H2,(H2,18,21)/t13-,14+/m1/s1. The molecule has 3 rings (SSSR count). The van der Waals surface area contributed by atoms with Gasteiger partial charge in [0.05, 0.1) is 25.4 Å². The second kappa shape index (κ2) is 7.83. The number of piperidine rings is 1. The number of likely N-dealkylation sites (tertiary alicyclic amines) is 1. The van der Waals surface area contributed by atoms with Crippen LogP contribution in [0.15, 0.2) is 18.2 Å². The van der Waals surface area contributed by atoms with Gasteiger partial charge in [-0.25, -0.2) is 0 Å². The van der Waals surface area contributed by atoms with Gasteiger partial charge in [0, 0.05) is 6.54 Å². The summed E-state index contributed by atoms with van der Waals surface area (Å²) >= 11 is 0. The average molecular weight is 336 g/mol. The van der Waals surface area contributed by atoms with Crippen molar-refractivity contribution in [1.82, 2.24) is 4.90 Å². The molecule has 2 atom stereocenters. The molecule has 132 valence electrons. The Bertz CT molecular complexity index is 580. The van der Waals surface area contributed by atoms with E-state index in [1.54, 1.807) is 0 Å². The Labute approximate surface area is 141 Å². The molecule has 3 N–H and O–H groups in total. The van der Waals surface area contributed by atoms with E-state index in [9.17, 15) is 9.90 Å². The second-order valence-electron chi connectivity index (χ2n) is 6.27. The summed E-state index contributed by atoms with van der Waals surface area (Å²) in [5.41, 5.74) is 6.40. The van der Waals surface area contributed by atoms with Crippen LogP contribution < -0.4 is 15.2 Å². The number of nitrogens with zero attached hydrogens (tertiary/aromatic N) is 1. The highest BCUT2D eigenvalue weighted by molar-refractivity contribution is 5.79. The van der Waals surface area contributed by atoms with E-state index in [4.69, 9.17) is 19.9 Å². The number of hydrogen-bond acceptors (Lipinski definition) is 6. The molecule has 0 radical (unpaired) electrons. The van der Waals surface area contributed by atoms with Crippen molar-refractivity contribution in [2.45, 2.75) is 38.0 Å². The summed E-state index contributed by atoms with van der Waals surface area (Å²) in [5.74, 6) is 1.14. The molecular formula is C17H24N2O5. The van der Waals surface area contributed by atoms with Crippen LogP contribution in [0.2, 0.25) is 0 Å². The summed E-state index contributed by atoms with van der Waals surface area (Å²) in [6.07, 6.45) is 2.13. The lowest BCUT2D eigenvalue weighted by molar-refractivity contribution is -0.125. The molecule has 0 bridgehead atoms. The summed E-state index contributed by atoms with van der Waals surface area (Å²) in [6, 6.07) is 5.36. The third-order valence-electron chi connectivity index (χ3n) is 4.40. The number of nitrogens with two attached hydrogens (primary N) is 1. The maximum Gasteiger partial charge on any atom is 0.234 e. The normalized spacial score (nSPS) is 21.6. The van der Waals surface area contributed by atoms with Gasteiger partial charge in [-0.3, -0.25) is 9.69 Å². The molecule has 1 saturated heterocycles. The van der Waals surface area contributed by atoms with Crippen LogP contribution in [0.3, 0.4) is 0 Å². The van der Waals surface area contributed by atoms with Crippen molar-refractivity contribution < 1.29 is 24.1 Å². The van der Waals surface area contributed by atoms with Gasteiger partial charge in [0.1, 0.15) is 0 Å². The van der Waals surface area contributed by atoms with E-state index in [-0.39, 0.29) is 25.3 Å². The number of rotatable bonds is 7. The van der Waals surface area contributed by atoms with Crippen molar-refractivity contribution in [3.63, 3.8) is 0 Å². The first kappa shape index (κ1) is 17.0. The maximum atomic E-state index is 11.5. The molecule has 24 heavy (non-hydrogen) atoms. The van der Waals surface area contributed by atoms with Gasteiger partial charge in [-0.05, 0) is 37.1 Å². The smallest absolute Gasteiger partial charge is 0.234 e. The van der Waals surface area contributed by atoms with Crippen molar-refractivity contribution in [3.8, 4) is 11.5 Å². The largest absolute Gasteiger partial charge is 0.454 e. The van der Waals surface area contributed by atoms with E-state index < -0.39 is 6.10 Å². The molecule has 7 heteroatoms. The van der Waals surface area contributed by atoms with Gasteiger partial charge in [-0.2, -0.15) is 0 Å². The lowest BCUT2D eigenvalue weighted by Crippen LogP contribution is -2.50. The molecule has 1 amide bonds. The topological polar surface area (TPSA) is 94.3 Å². The van der Waals surface area contributed by atoms with Crippen LogP contribution in [0.1, 0.15) is 24.8 Å². The molecule has 0 saturated carbocycles. The monoisotopic (exact) mass is 336 g/mol. The van der Waals surface area contributed by atoms with Crippen LogP contribution in [0.4, 0.5) is 0 Å². The SMILES string of the molecule is NC(=O)[C@@H]1CCCCN1C[C@@H](O)COCc1ccc2c(c1)OCO2. The number of aliphatic hydroxyl groups is 1. The number of β-amino-alcohol motifs (C(OH)–C–C–N with tert-alkyl or cyclic N) is 1. The van der Waals surface area contributed by atoms with Crippen molar-refractivity contribution in [2.75, 3.05) is 26.5 Å². The molecule has 7 nitrogen and oxygen atoms in total. The minimum atomic E-state index is -0.654. The molecular weight excluding hydrogens is 312 g/mol. The highest BCUT2D eigenvalue weighted by atomic mass is 16.7. The molecule has 2 aliphatic heterocycles. The molecule has 2 aliphatic rings. The maximum absolute atomic E-state index is 11.5. The van der Waals surface area contributed by atoms with Crippen molar-refractivity contribution >= 4 is 5.91 Å². The van der Waals surface area contributed by atoms with Crippen molar-refractivity contribution in [3.05, 3.63) is 23.8 Å². The number of amides is 1. The molecule has 1 aromatic rings. The van der Waals surface area contributed by atoms with Crippen molar-refractivity contribution in [2.24, 2.45) is 5.73 Å². The summed E-state index contributed by atoms with van der Waals surface area (Å²) in [4.78, 5) is 13.4. The quantitative estimate of drug-likeness (QED) is 0.759. The third-order valence-corrected chi connectivity index (χ3v) is 4.40. The fourth-order valence-electron chi connectivity index (χ4n) is 3.20. The first-order valence-corrected chi connectivity index (χ1v) is 8.31. The summed E-state index contributed by atoms with van der Waals surface area (Å²) in [7, 11) is 0. The number of ether oxygens (including phenoxy) is 3. The molecule has 0 unspecified atom stereocenters. The summed E-state index contributed by atoms with van der Waals surface area (Å²) in [6.45, 7) is 2.01. The van der Waals surface area contributed by atoms with Crippen LogP contribution in [0, 0.1) is 0 Å². The fraction of sp³-hybridized carbons (Fsp3) is 0.588. The van der Waals surface area contributed by atoms with E-state index in [1.165, 1.54) is 0 Å². The zero-order chi connectivity index (χ0) is 16.9. The molecule has 0 aromatic heterocycles. The van der Waals surface area contributed by atoms with Crippen LogP contribution in [-0.4, -0.2) is 54.5 Å². The van der Waals surface area contributed by atoms with Gasteiger partial charge in [-0.1, -0.05) is 12.5 Å². The highest BCUT2D eigenvalue weighted by Gasteiger charge is 2.28. The first-order chi connectivity index (χ1) is 11.6. The zero-order valence-corrected chi connectivity index (χ0v) is 13.6. The van der Waals surface area contributed by atoms with Crippen LogP contribution in [-0.2, 0) is 16.1 Å². The van der Waals surface area contributed by atoms with Gasteiger partial charge in [0.25, 0.3) is 0 Å². The Balaban J connectivity index is 1.43. The number of hydrogen-bond donors (Lipinski definition) is 2. The number of benzene rings is 1. The number of carbonyl (C=O) groups excluding carboxylic acids is 1. The van der Waals surface area contributed by atoms with E-state index in [1.807, 2.05) is 23.1 Å². The van der Waals surface area contributed by atoms with Gasteiger partial charge in [-0.15, -0.1) is 0 Å². The Hall–Kier alpha value is -1.83. The number of aliphatic hydroxyl groups excluding tert-OH is 1. The van der Waals surface area contributed by atoms with E-state index in [2.05, 4.69) is 0 Å². The lowest BCUT2D eigenvalue weighted by Gasteiger charge is -2.34. The minimum absolute atomic E-state index is 0.205. The van der Waals surface area contributed by atoms with Crippen molar-refractivity contribution in [1.29, 1.82) is 0 Å². The van der Waals surface area contributed by atoms with E-state index in [0.29, 0.717) is 18.9 Å². The Morgan fingerprint density at radius 2 is 2.21 bits per heavy atom. The predicted octanol–water partition coefficient (Wildman–Crippen LogP) is 0.633.